The second kappa shape index (κ2) is 4.28. The molecule has 1 amide bonds. The molecular weight excluding hydrogens is 183 g/mol. The van der Waals surface area contributed by atoms with Gasteiger partial charge in [0.15, 0.2) is 0 Å². The Bertz CT molecular complexity index is 398. The number of halogens is 1. The first kappa shape index (κ1) is 10.1. The van der Waals surface area contributed by atoms with E-state index in [9.17, 15) is 9.18 Å². The van der Waals surface area contributed by atoms with E-state index in [4.69, 9.17) is 11.5 Å². The van der Waals surface area contributed by atoms with Crippen molar-refractivity contribution in [3.8, 4) is 11.8 Å². The normalized spacial score (nSPS) is 8.93. The minimum Gasteiger partial charge on any atom is -0.399 e. The first-order valence-electron chi connectivity index (χ1n) is 3.91. The van der Waals surface area contributed by atoms with Crippen LogP contribution < -0.4 is 11.5 Å². The highest BCUT2D eigenvalue weighted by Crippen LogP contribution is 2.09. The van der Waals surface area contributed by atoms with Crippen LogP contribution in [0.3, 0.4) is 0 Å². The molecule has 4 N–H and O–H groups in total. The molecule has 4 heteroatoms. The zero-order chi connectivity index (χ0) is 10.6. The minimum absolute atomic E-state index is 0.0452. The second-order valence-corrected chi connectivity index (χ2v) is 2.72. The molecule has 3 nitrogen and oxygen atoms in total. The smallest absolute Gasteiger partial charge is 0.229 e. The Morgan fingerprint density at radius 2 is 2.14 bits per heavy atom. The highest BCUT2D eigenvalue weighted by atomic mass is 19.1. The third kappa shape index (κ3) is 3.15. The Morgan fingerprint density at radius 3 is 2.71 bits per heavy atom. The van der Waals surface area contributed by atoms with Crippen LogP contribution in [0, 0.1) is 17.7 Å². The topological polar surface area (TPSA) is 69.1 Å². The third-order valence-electron chi connectivity index (χ3n) is 1.42. The van der Waals surface area contributed by atoms with Crippen LogP contribution in [0.2, 0.25) is 0 Å². The molecule has 0 radical (unpaired) electrons. The Labute approximate surface area is 80.9 Å². The van der Waals surface area contributed by atoms with Crippen LogP contribution in [0.1, 0.15) is 12.0 Å². The summed E-state index contributed by atoms with van der Waals surface area (Å²) in [7, 11) is 0. The van der Waals surface area contributed by atoms with Gasteiger partial charge in [-0.05, 0) is 18.2 Å². The van der Waals surface area contributed by atoms with Gasteiger partial charge in [-0.25, -0.2) is 4.39 Å². The van der Waals surface area contributed by atoms with Crippen LogP contribution in [0.15, 0.2) is 18.2 Å². The highest BCUT2D eigenvalue weighted by molar-refractivity contribution is 5.76. The Balaban J connectivity index is 2.84. The summed E-state index contributed by atoms with van der Waals surface area (Å²) in [5, 5.41) is 0. The molecule has 0 spiro atoms. The van der Waals surface area contributed by atoms with Crippen molar-refractivity contribution in [1.29, 1.82) is 0 Å². The van der Waals surface area contributed by atoms with Crippen molar-refractivity contribution in [2.45, 2.75) is 6.42 Å². The summed E-state index contributed by atoms with van der Waals surface area (Å²) in [5.41, 5.74) is 11.0. The molecular formula is C10H9FN2O. The predicted molar refractivity (Wildman–Crippen MR) is 51.5 cm³/mol. The van der Waals surface area contributed by atoms with Gasteiger partial charge in [0.1, 0.15) is 5.82 Å². The van der Waals surface area contributed by atoms with Crippen LogP contribution in [-0.2, 0) is 4.79 Å². The molecule has 0 heterocycles. The van der Waals surface area contributed by atoms with E-state index < -0.39 is 11.7 Å². The maximum absolute atomic E-state index is 12.8. The first-order valence-corrected chi connectivity index (χ1v) is 3.91. The monoisotopic (exact) mass is 192 g/mol. The van der Waals surface area contributed by atoms with Gasteiger partial charge < -0.3 is 11.5 Å². The molecule has 1 aromatic rings. The number of amides is 1. The molecule has 0 aliphatic heterocycles. The molecule has 0 saturated heterocycles. The summed E-state index contributed by atoms with van der Waals surface area (Å²) >= 11 is 0. The number of hydrogen-bond acceptors (Lipinski definition) is 2. The fourth-order valence-electron chi connectivity index (χ4n) is 0.918. The molecule has 0 unspecified atom stereocenters. The van der Waals surface area contributed by atoms with E-state index in [2.05, 4.69) is 11.8 Å². The number of carbonyl (C=O) groups is 1. The SMILES string of the molecule is NC(=O)CC#Cc1cc(N)cc(F)c1. The molecule has 0 aliphatic carbocycles. The van der Waals surface area contributed by atoms with Crippen LogP contribution in [0.5, 0.6) is 0 Å². The second-order valence-electron chi connectivity index (χ2n) is 2.72. The van der Waals surface area contributed by atoms with Gasteiger partial charge in [0.2, 0.25) is 5.91 Å². The number of nitrogens with two attached hydrogens (primary N) is 2. The number of nitrogen functional groups attached to an aromatic ring is 1. The van der Waals surface area contributed by atoms with Gasteiger partial charge in [-0.2, -0.15) is 0 Å². The molecule has 0 aliphatic rings. The molecule has 1 aromatic carbocycles. The molecule has 1 rings (SSSR count). The highest BCUT2D eigenvalue weighted by Gasteiger charge is 1.95. The van der Waals surface area contributed by atoms with Gasteiger partial charge in [-0.3, -0.25) is 4.79 Å². The lowest BCUT2D eigenvalue weighted by Gasteiger charge is -1.94. The summed E-state index contributed by atoms with van der Waals surface area (Å²) in [5.74, 6) is 4.13. The Morgan fingerprint density at radius 1 is 1.43 bits per heavy atom. The molecule has 0 aromatic heterocycles. The third-order valence-corrected chi connectivity index (χ3v) is 1.42. The van der Waals surface area contributed by atoms with Crippen LogP contribution >= 0.6 is 0 Å². The van der Waals surface area contributed by atoms with Crippen molar-refractivity contribution in [2.75, 3.05) is 5.73 Å². The van der Waals surface area contributed by atoms with Crippen molar-refractivity contribution in [3.63, 3.8) is 0 Å². The van der Waals surface area contributed by atoms with Crippen LogP contribution in [0.25, 0.3) is 0 Å². The van der Waals surface area contributed by atoms with Crippen LogP contribution in [-0.4, -0.2) is 5.91 Å². The maximum atomic E-state index is 12.8. The molecule has 72 valence electrons. The van der Waals surface area contributed by atoms with E-state index >= 15 is 0 Å². The van der Waals surface area contributed by atoms with Gasteiger partial charge in [-0.1, -0.05) is 11.8 Å². The molecule has 0 fully saturated rings. The van der Waals surface area contributed by atoms with Gasteiger partial charge in [0.05, 0.1) is 6.42 Å². The van der Waals surface area contributed by atoms with Gasteiger partial charge in [-0.15, -0.1) is 0 Å². The van der Waals surface area contributed by atoms with Crippen LogP contribution in [0.4, 0.5) is 10.1 Å². The lowest BCUT2D eigenvalue weighted by atomic mass is 10.2. The summed E-state index contributed by atoms with van der Waals surface area (Å²) in [6, 6.07) is 3.96. The largest absolute Gasteiger partial charge is 0.399 e. The number of carbonyl (C=O) groups excluding carboxylic acids is 1. The standard InChI is InChI=1S/C10H9FN2O/c11-8-4-7(5-9(12)6-8)2-1-3-10(13)14/h4-6H,3,12H2,(H2,13,14). The summed E-state index contributed by atoms with van der Waals surface area (Å²) < 4.78 is 12.8. The minimum atomic E-state index is -0.512. The summed E-state index contributed by atoms with van der Waals surface area (Å²) in [6.07, 6.45) is -0.0452. The number of benzene rings is 1. The summed E-state index contributed by atoms with van der Waals surface area (Å²) in [6.45, 7) is 0. The average Bonchev–Trinajstić information content (AvgIpc) is 2.01. The van der Waals surface area contributed by atoms with E-state index in [0.29, 0.717) is 11.3 Å². The zero-order valence-corrected chi connectivity index (χ0v) is 7.38. The fourth-order valence-corrected chi connectivity index (χ4v) is 0.918. The Kier molecular flexibility index (Phi) is 3.08. The van der Waals surface area contributed by atoms with Crippen molar-refractivity contribution >= 4 is 11.6 Å². The lowest BCUT2D eigenvalue weighted by molar-refractivity contribution is -0.117. The predicted octanol–water partition coefficient (Wildman–Crippen LogP) is 0.635. The number of hydrogen-bond donors (Lipinski definition) is 2. The van der Waals surface area contributed by atoms with Crippen molar-refractivity contribution in [3.05, 3.63) is 29.6 Å². The molecule has 14 heavy (non-hydrogen) atoms. The number of rotatable bonds is 1. The molecule has 0 saturated carbocycles. The number of primary amides is 1. The lowest BCUT2D eigenvalue weighted by Crippen LogP contribution is -2.08. The van der Waals surface area contributed by atoms with Gasteiger partial charge in [0.25, 0.3) is 0 Å². The van der Waals surface area contributed by atoms with E-state index in [0.717, 1.165) is 0 Å². The van der Waals surface area contributed by atoms with E-state index in [1.165, 1.54) is 18.2 Å². The van der Waals surface area contributed by atoms with Crippen molar-refractivity contribution in [1.82, 2.24) is 0 Å². The van der Waals surface area contributed by atoms with Gasteiger partial charge in [0, 0.05) is 11.3 Å². The first-order chi connectivity index (χ1) is 6.58. The summed E-state index contributed by atoms with van der Waals surface area (Å²) in [4.78, 5) is 10.3. The quantitative estimate of drug-likeness (QED) is 0.506. The van der Waals surface area contributed by atoms with Gasteiger partial charge >= 0.3 is 0 Å². The molecule has 0 bridgehead atoms. The average molecular weight is 192 g/mol. The van der Waals surface area contributed by atoms with E-state index in [-0.39, 0.29) is 6.42 Å². The Hall–Kier alpha value is -2.02. The van der Waals surface area contributed by atoms with Crippen molar-refractivity contribution in [2.24, 2.45) is 5.73 Å². The van der Waals surface area contributed by atoms with E-state index in [1.54, 1.807) is 0 Å². The molecule has 0 atom stereocenters. The van der Waals surface area contributed by atoms with Crippen molar-refractivity contribution < 1.29 is 9.18 Å². The zero-order valence-electron chi connectivity index (χ0n) is 7.38. The van der Waals surface area contributed by atoms with E-state index in [1.807, 2.05) is 0 Å². The fraction of sp³-hybridized carbons (Fsp3) is 0.100. The number of anilines is 1. The maximum Gasteiger partial charge on any atom is 0.229 e.